The van der Waals surface area contributed by atoms with Crippen molar-refractivity contribution < 1.29 is 19.1 Å². The van der Waals surface area contributed by atoms with Crippen LogP contribution in [-0.4, -0.2) is 17.5 Å². The van der Waals surface area contributed by atoms with E-state index in [-0.39, 0.29) is 24.5 Å². The molecule has 0 aliphatic carbocycles. The number of ketones is 1. The van der Waals surface area contributed by atoms with Crippen LogP contribution in [0, 0.1) is 0 Å². The third-order valence-corrected chi connectivity index (χ3v) is 4.64. The summed E-state index contributed by atoms with van der Waals surface area (Å²) in [6, 6.07) is 8.55. The predicted molar refractivity (Wildman–Crippen MR) is 93.3 cm³/mol. The van der Waals surface area contributed by atoms with Crippen LogP contribution < -0.4 is 14.8 Å². The molecule has 1 amide bonds. The Morgan fingerprint density at radius 3 is 2.58 bits per heavy atom. The molecule has 0 fully saturated rings. The minimum Gasteiger partial charge on any atom is -0.449 e. The molecule has 0 spiro atoms. The lowest BCUT2D eigenvalue weighted by Gasteiger charge is -2.16. The van der Waals surface area contributed by atoms with Crippen molar-refractivity contribution in [1.82, 2.24) is 0 Å². The summed E-state index contributed by atoms with van der Waals surface area (Å²) in [5, 5.41) is 2.76. The molecular formula is C17H16ClNO4S. The number of hydrogen-bond donors (Lipinski definition) is 1. The number of benzene rings is 1. The second kappa shape index (κ2) is 6.45. The number of carbonyl (C=O) groups is 2. The predicted octanol–water partition coefficient (Wildman–Crippen LogP) is 4.51. The number of halogens is 1. The summed E-state index contributed by atoms with van der Waals surface area (Å²) in [4.78, 5) is 24.6. The normalized spacial score (nSPS) is 14.5. The standard InChI is InChI=1S/C17H16ClNO4S/c1-17(2)22-12-5-3-10(9-13(12)23-17)19-16(21)8-4-11(20)14-6-7-15(18)24-14/h3,5-7,9H,4,8H2,1-2H3,(H,19,21). The van der Waals surface area contributed by atoms with Crippen LogP contribution in [0.3, 0.4) is 0 Å². The topological polar surface area (TPSA) is 64.6 Å². The number of nitrogens with one attached hydrogen (secondary N) is 1. The molecule has 0 saturated heterocycles. The molecule has 7 heteroatoms. The number of anilines is 1. The lowest BCUT2D eigenvalue weighted by Crippen LogP contribution is -2.29. The van der Waals surface area contributed by atoms with Gasteiger partial charge in [-0.25, -0.2) is 0 Å². The Labute approximate surface area is 148 Å². The van der Waals surface area contributed by atoms with Crippen molar-refractivity contribution in [3.05, 3.63) is 39.5 Å². The Kier molecular flexibility index (Phi) is 4.51. The Balaban J connectivity index is 1.55. The summed E-state index contributed by atoms with van der Waals surface area (Å²) in [7, 11) is 0. The third-order valence-electron chi connectivity index (χ3n) is 3.37. The molecule has 2 heterocycles. The molecule has 126 valence electrons. The number of amides is 1. The van der Waals surface area contributed by atoms with E-state index in [0.717, 1.165) is 0 Å². The van der Waals surface area contributed by atoms with Crippen LogP contribution >= 0.6 is 22.9 Å². The van der Waals surface area contributed by atoms with Gasteiger partial charge in [0.25, 0.3) is 0 Å². The van der Waals surface area contributed by atoms with Crippen molar-refractivity contribution in [3.63, 3.8) is 0 Å². The van der Waals surface area contributed by atoms with Crippen molar-refractivity contribution in [2.24, 2.45) is 0 Å². The zero-order valence-electron chi connectivity index (χ0n) is 13.2. The van der Waals surface area contributed by atoms with Crippen molar-refractivity contribution in [2.75, 3.05) is 5.32 Å². The van der Waals surface area contributed by atoms with Gasteiger partial charge in [-0.2, -0.15) is 0 Å². The van der Waals surface area contributed by atoms with Crippen molar-refractivity contribution >= 4 is 40.3 Å². The summed E-state index contributed by atoms with van der Waals surface area (Å²) in [6.45, 7) is 3.63. The van der Waals surface area contributed by atoms with Crippen LogP contribution in [0.2, 0.25) is 4.34 Å². The molecule has 1 N–H and O–H groups in total. The van der Waals surface area contributed by atoms with Gasteiger partial charge in [0, 0.05) is 38.4 Å². The van der Waals surface area contributed by atoms with Gasteiger partial charge in [0.15, 0.2) is 17.3 Å². The maximum Gasteiger partial charge on any atom is 0.246 e. The maximum absolute atomic E-state index is 12.0. The third kappa shape index (κ3) is 3.88. The molecule has 0 saturated carbocycles. The average Bonchev–Trinajstić information content (AvgIpc) is 3.06. The van der Waals surface area contributed by atoms with Crippen molar-refractivity contribution in [1.29, 1.82) is 0 Å². The summed E-state index contributed by atoms with van der Waals surface area (Å²) >= 11 is 7.02. The molecular weight excluding hydrogens is 350 g/mol. The molecule has 5 nitrogen and oxygen atoms in total. The highest BCUT2D eigenvalue weighted by Gasteiger charge is 2.31. The molecule has 1 aliphatic rings. The number of carbonyl (C=O) groups excluding carboxylic acids is 2. The molecule has 24 heavy (non-hydrogen) atoms. The molecule has 0 bridgehead atoms. The minimum absolute atomic E-state index is 0.0884. The van der Waals surface area contributed by atoms with Crippen LogP contribution in [0.4, 0.5) is 5.69 Å². The molecule has 0 radical (unpaired) electrons. The van der Waals surface area contributed by atoms with Gasteiger partial charge in [-0.15, -0.1) is 11.3 Å². The summed E-state index contributed by atoms with van der Waals surface area (Å²) < 4.78 is 11.8. The summed E-state index contributed by atoms with van der Waals surface area (Å²) in [5.41, 5.74) is 0.603. The number of thiophene rings is 1. The highest BCUT2D eigenvalue weighted by Crippen LogP contribution is 2.40. The van der Waals surface area contributed by atoms with E-state index in [9.17, 15) is 9.59 Å². The zero-order valence-corrected chi connectivity index (χ0v) is 14.8. The fourth-order valence-electron chi connectivity index (χ4n) is 2.34. The van der Waals surface area contributed by atoms with Gasteiger partial charge in [0.1, 0.15) is 0 Å². The van der Waals surface area contributed by atoms with Gasteiger partial charge >= 0.3 is 0 Å². The van der Waals surface area contributed by atoms with Crippen molar-refractivity contribution in [3.8, 4) is 11.5 Å². The van der Waals surface area contributed by atoms with Crippen LogP contribution in [0.1, 0.15) is 36.4 Å². The van der Waals surface area contributed by atoms with Gasteiger partial charge in [-0.05, 0) is 24.3 Å². The first-order valence-corrected chi connectivity index (χ1v) is 8.62. The highest BCUT2D eigenvalue weighted by molar-refractivity contribution is 7.18. The lowest BCUT2D eigenvalue weighted by molar-refractivity contribution is -0.116. The minimum atomic E-state index is -0.709. The molecule has 1 aromatic carbocycles. The van der Waals surface area contributed by atoms with Gasteiger partial charge < -0.3 is 14.8 Å². The SMILES string of the molecule is CC1(C)Oc2ccc(NC(=O)CCC(=O)c3ccc(Cl)s3)cc2O1. The van der Waals surface area contributed by atoms with Gasteiger partial charge in [-0.1, -0.05) is 11.6 Å². The average molecular weight is 366 g/mol. The van der Waals surface area contributed by atoms with Crippen LogP contribution in [0.15, 0.2) is 30.3 Å². The number of hydrogen-bond acceptors (Lipinski definition) is 5. The van der Waals surface area contributed by atoms with Gasteiger partial charge in [0.2, 0.25) is 11.7 Å². The fraction of sp³-hybridized carbons (Fsp3) is 0.294. The number of ether oxygens (including phenoxy) is 2. The Morgan fingerprint density at radius 1 is 1.12 bits per heavy atom. The first-order chi connectivity index (χ1) is 11.3. The second-order valence-corrected chi connectivity index (χ2v) is 7.56. The number of rotatable bonds is 5. The largest absolute Gasteiger partial charge is 0.449 e. The van der Waals surface area contributed by atoms with E-state index in [0.29, 0.717) is 26.4 Å². The first-order valence-electron chi connectivity index (χ1n) is 7.43. The quantitative estimate of drug-likeness (QED) is 0.792. The second-order valence-electron chi connectivity index (χ2n) is 5.84. The maximum atomic E-state index is 12.0. The van der Waals surface area contributed by atoms with E-state index in [1.165, 1.54) is 11.3 Å². The Morgan fingerprint density at radius 2 is 1.88 bits per heavy atom. The molecule has 1 aliphatic heterocycles. The summed E-state index contributed by atoms with van der Waals surface area (Å²) in [5.74, 6) is 0.197. The van der Waals surface area contributed by atoms with E-state index in [2.05, 4.69) is 5.32 Å². The van der Waals surface area contributed by atoms with E-state index in [1.807, 2.05) is 13.8 Å². The smallest absolute Gasteiger partial charge is 0.246 e. The monoisotopic (exact) mass is 365 g/mol. The Hall–Kier alpha value is -2.05. The van der Waals surface area contributed by atoms with E-state index < -0.39 is 5.79 Å². The molecule has 0 unspecified atom stereocenters. The zero-order chi connectivity index (χ0) is 17.3. The van der Waals surface area contributed by atoms with E-state index >= 15 is 0 Å². The van der Waals surface area contributed by atoms with Gasteiger partial charge in [-0.3, -0.25) is 9.59 Å². The lowest BCUT2D eigenvalue weighted by atomic mass is 10.2. The highest BCUT2D eigenvalue weighted by atomic mass is 35.5. The first kappa shape index (κ1) is 16.8. The van der Waals surface area contributed by atoms with Crippen molar-refractivity contribution in [2.45, 2.75) is 32.5 Å². The molecule has 0 atom stereocenters. The molecule has 1 aromatic heterocycles. The number of Topliss-reactive ketones (excluding diaryl/α,β-unsaturated/α-hetero) is 1. The molecule has 2 aromatic rings. The van der Waals surface area contributed by atoms with Crippen LogP contribution in [0.25, 0.3) is 0 Å². The Bertz CT molecular complexity index is 800. The van der Waals surface area contributed by atoms with E-state index in [1.54, 1.807) is 30.3 Å². The van der Waals surface area contributed by atoms with Gasteiger partial charge in [0.05, 0.1) is 9.21 Å². The van der Waals surface area contributed by atoms with E-state index in [4.69, 9.17) is 21.1 Å². The number of fused-ring (bicyclic) bond motifs is 1. The van der Waals surface area contributed by atoms with Crippen LogP contribution in [-0.2, 0) is 4.79 Å². The summed E-state index contributed by atoms with van der Waals surface area (Å²) in [6.07, 6.45) is 0.245. The molecule has 3 rings (SSSR count). The fourth-order valence-corrected chi connectivity index (χ4v) is 3.35. The van der Waals surface area contributed by atoms with Crippen LogP contribution in [0.5, 0.6) is 11.5 Å².